The van der Waals surface area contributed by atoms with E-state index in [-0.39, 0.29) is 12.1 Å². The van der Waals surface area contributed by atoms with Crippen molar-refractivity contribution in [3.63, 3.8) is 0 Å². The molecule has 0 N–H and O–H groups in total. The van der Waals surface area contributed by atoms with Crippen LogP contribution in [0.15, 0.2) is 17.5 Å². The number of amides is 1. The van der Waals surface area contributed by atoms with Crippen molar-refractivity contribution in [1.82, 2.24) is 4.90 Å². The quantitative estimate of drug-likeness (QED) is 0.636. The SMILES string of the molecule is CCOC(=O)/C=C1/CN(C(=O)OCC)CCc2sccc21. The molecule has 6 heteroatoms. The minimum Gasteiger partial charge on any atom is -0.463 e. The van der Waals surface area contributed by atoms with Crippen LogP contribution < -0.4 is 0 Å². The number of thiophene rings is 1. The Balaban J connectivity index is 2.25. The zero-order chi connectivity index (χ0) is 15.2. The molecule has 5 nitrogen and oxygen atoms in total. The largest absolute Gasteiger partial charge is 0.463 e. The van der Waals surface area contributed by atoms with Gasteiger partial charge in [0.15, 0.2) is 0 Å². The van der Waals surface area contributed by atoms with Gasteiger partial charge in [-0.3, -0.25) is 0 Å². The maximum atomic E-state index is 11.9. The molecule has 1 aliphatic rings. The maximum absolute atomic E-state index is 11.9. The molecule has 0 aliphatic carbocycles. The number of carbonyl (C=O) groups excluding carboxylic acids is 2. The van der Waals surface area contributed by atoms with E-state index in [1.165, 1.54) is 11.0 Å². The Bertz CT molecular complexity index is 550. The standard InChI is InChI=1S/C15H19NO4S/c1-3-19-14(17)9-11-10-16(15(18)20-4-2)7-5-13-12(11)6-8-21-13/h6,8-9H,3-5,7,10H2,1-2H3/b11-9-. The first-order valence-corrected chi connectivity index (χ1v) is 7.89. The molecular formula is C15H19NO4S. The van der Waals surface area contributed by atoms with Gasteiger partial charge in [0.25, 0.3) is 0 Å². The number of hydrogen-bond acceptors (Lipinski definition) is 5. The molecule has 0 spiro atoms. The molecule has 2 heterocycles. The molecule has 114 valence electrons. The molecule has 0 aromatic carbocycles. The highest BCUT2D eigenvalue weighted by molar-refractivity contribution is 7.10. The van der Waals surface area contributed by atoms with Gasteiger partial charge in [-0.1, -0.05) is 0 Å². The Morgan fingerprint density at radius 2 is 2.10 bits per heavy atom. The van der Waals surface area contributed by atoms with Crippen molar-refractivity contribution in [2.45, 2.75) is 20.3 Å². The predicted molar refractivity (Wildman–Crippen MR) is 81.2 cm³/mol. The average Bonchev–Trinajstić information content (AvgIpc) is 2.84. The van der Waals surface area contributed by atoms with E-state index < -0.39 is 0 Å². The lowest BCUT2D eigenvalue weighted by Gasteiger charge is -2.20. The van der Waals surface area contributed by atoms with Gasteiger partial charge in [-0.25, -0.2) is 9.59 Å². The van der Waals surface area contributed by atoms with E-state index in [1.807, 2.05) is 11.4 Å². The molecule has 1 aromatic heterocycles. The van der Waals surface area contributed by atoms with Crippen LogP contribution >= 0.6 is 11.3 Å². The molecule has 1 aromatic rings. The van der Waals surface area contributed by atoms with Crippen LogP contribution in [0.5, 0.6) is 0 Å². The fraction of sp³-hybridized carbons (Fsp3) is 0.467. The summed E-state index contributed by atoms with van der Waals surface area (Å²) < 4.78 is 10.0. The summed E-state index contributed by atoms with van der Waals surface area (Å²) >= 11 is 1.64. The van der Waals surface area contributed by atoms with E-state index in [4.69, 9.17) is 9.47 Å². The fourth-order valence-electron chi connectivity index (χ4n) is 2.25. The van der Waals surface area contributed by atoms with Gasteiger partial charge < -0.3 is 14.4 Å². The van der Waals surface area contributed by atoms with Gasteiger partial charge in [0.1, 0.15) is 0 Å². The van der Waals surface area contributed by atoms with E-state index in [0.717, 1.165) is 17.6 Å². The van der Waals surface area contributed by atoms with Gasteiger partial charge in [-0.2, -0.15) is 0 Å². The Morgan fingerprint density at radius 1 is 1.33 bits per heavy atom. The predicted octanol–water partition coefficient (Wildman–Crippen LogP) is 2.71. The van der Waals surface area contributed by atoms with Crippen LogP contribution in [0.2, 0.25) is 0 Å². The van der Waals surface area contributed by atoms with Crippen LogP contribution in [-0.4, -0.2) is 43.3 Å². The molecule has 2 rings (SSSR count). The molecule has 0 bridgehead atoms. The number of fused-ring (bicyclic) bond motifs is 1. The Morgan fingerprint density at radius 3 is 2.81 bits per heavy atom. The zero-order valence-corrected chi connectivity index (χ0v) is 13.1. The normalized spacial score (nSPS) is 16.3. The summed E-state index contributed by atoms with van der Waals surface area (Å²) in [7, 11) is 0. The number of carbonyl (C=O) groups is 2. The Labute approximate surface area is 128 Å². The van der Waals surface area contributed by atoms with Crippen molar-refractivity contribution in [1.29, 1.82) is 0 Å². The number of nitrogens with zero attached hydrogens (tertiary/aromatic N) is 1. The van der Waals surface area contributed by atoms with Gasteiger partial charge in [-0.15, -0.1) is 11.3 Å². The summed E-state index contributed by atoms with van der Waals surface area (Å²) in [6.07, 6.45) is 1.90. The molecule has 0 fully saturated rings. The lowest BCUT2D eigenvalue weighted by Crippen LogP contribution is -2.33. The lowest BCUT2D eigenvalue weighted by atomic mass is 10.1. The molecule has 0 unspecified atom stereocenters. The number of hydrogen-bond donors (Lipinski definition) is 0. The number of rotatable bonds is 3. The monoisotopic (exact) mass is 309 g/mol. The fourth-order valence-corrected chi connectivity index (χ4v) is 3.15. The van der Waals surface area contributed by atoms with E-state index >= 15 is 0 Å². The van der Waals surface area contributed by atoms with Crippen LogP contribution in [0.4, 0.5) is 4.79 Å². The number of ether oxygens (including phenoxy) is 2. The molecule has 0 saturated carbocycles. The zero-order valence-electron chi connectivity index (χ0n) is 12.3. The van der Waals surface area contributed by atoms with Crippen molar-refractivity contribution >= 4 is 29.0 Å². The van der Waals surface area contributed by atoms with Gasteiger partial charge in [0.05, 0.1) is 13.2 Å². The smallest absolute Gasteiger partial charge is 0.410 e. The minimum absolute atomic E-state index is 0.334. The Hall–Kier alpha value is -1.82. The third kappa shape index (κ3) is 3.85. The molecule has 1 amide bonds. The van der Waals surface area contributed by atoms with Crippen molar-refractivity contribution in [2.24, 2.45) is 0 Å². The summed E-state index contributed by atoms with van der Waals surface area (Å²) in [6, 6.07) is 1.99. The summed E-state index contributed by atoms with van der Waals surface area (Å²) in [5.74, 6) is -0.379. The molecule has 1 aliphatic heterocycles. The van der Waals surface area contributed by atoms with Crippen molar-refractivity contribution in [3.05, 3.63) is 28.0 Å². The summed E-state index contributed by atoms with van der Waals surface area (Å²) in [4.78, 5) is 26.5. The van der Waals surface area contributed by atoms with Crippen LogP contribution in [0.1, 0.15) is 24.3 Å². The van der Waals surface area contributed by atoms with E-state index in [1.54, 1.807) is 30.1 Å². The van der Waals surface area contributed by atoms with Crippen LogP contribution in [0.25, 0.3) is 5.57 Å². The van der Waals surface area contributed by atoms with Gasteiger partial charge in [0.2, 0.25) is 0 Å². The van der Waals surface area contributed by atoms with Gasteiger partial charge >= 0.3 is 12.1 Å². The first-order chi connectivity index (χ1) is 10.2. The second-order valence-corrected chi connectivity index (χ2v) is 5.55. The number of esters is 1. The average molecular weight is 309 g/mol. The Kier molecular flexibility index (Phi) is 5.38. The highest BCUT2D eigenvalue weighted by Crippen LogP contribution is 2.29. The summed E-state index contributed by atoms with van der Waals surface area (Å²) in [5.41, 5.74) is 1.83. The highest BCUT2D eigenvalue weighted by atomic mass is 32.1. The van der Waals surface area contributed by atoms with E-state index in [2.05, 4.69) is 0 Å². The molecule has 0 radical (unpaired) electrons. The highest BCUT2D eigenvalue weighted by Gasteiger charge is 2.24. The van der Waals surface area contributed by atoms with Crippen LogP contribution in [-0.2, 0) is 20.7 Å². The van der Waals surface area contributed by atoms with Gasteiger partial charge in [-0.05, 0) is 36.4 Å². The van der Waals surface area contributed by atoms with Gasteiger partial charge in [0, 0.05) is 30.5 Å². The van der Waals surface area contributed by atoms with Crippen LogP contribution in [0, 0.1) is 0 Å². The second kappa shape index (κ2) is 7.26. The molecular weight excluding hydrogens is 290 g/mol. The summed E-state index contributed by atoms with van der Waals surface area (Å²) in [6.45, 7) is 5.18. The van der Waals surface area contributed by atoms with Crippen LogP contribution in [0.3, 0.4) is 0 Å². The third-order valence-corrected chi connectivity index (χ3v) is 4.15. The van der Waals surface area contributed by atoms with E-state index in [9.17, 15) is 9.59 Å². The first kappa shape index (κ1) is 15.6. The lowest BCUT2D eigenvalue weighted by molar-refractivity contribution is -0.137. The second-order valence-electron chi connectivity index (χ2n) is 4.55. The maximum Gasteiger partial charge on any atom is 0.410 e. The third-order valence-electron chi connectivity index (χ3n) is 3.17. The molecule has 0 saturated heterocycles. The topological polar surface area (TPSA) is 55.8 Å². The molecule has 0 atom stereocenters. The van der Waals surface area contributed by atoms with E-state index in [0.29, 0.717) is 26.3 Å². The first-order valence-electron chi connectivity index (χ1n) is 7.01. The summed E-state index contributed by atoms with van der Waals surface area (Å²) in [5, 5.41) is 2.00. The van der Waals surface area contributed by atoms with Crippen molar-refractivity contribution < 1.29 is 19.1 Å². The van der Waals surface area contributed by atoms with Crippen molar-refractivity contribution in [3.8, 4) is 0 Å². The van der Waals surface area contributed by atoms with Crippen molar-refractivity contribution in [2.75, 3.05) is 26.3 Å². The molecule has 21 heavy (non-hydrogen) atoms. The minimum atomic E-state index is -0.379.